The van der Waals surface area contributed by atoms with Gasteiger partial charge in [-0.05, 0) is 17.7 Å². The summed E-state index contributed by atoms with van der Waals surface area (Å²) >= 11 is 0. The molecule has 1 heterocycles. The summed E-state index contributed by atoms with van der Waals surface area (Å²) in [4.78, 5) is 13.1. The highest BCUT2D eigenvalue weighted by molar-refractivity contribution is 5.87. The molecule has 0 spiro atoms. The van der Waals surface area contributed by atoms with Crippen LogP contribution in [0.2, 0.25) is 0 Å². The summed E-state index contributed by atoms with van der Waals surface area (Å²) in [5.41, 5.74) is 1.31. The fraction of sp³-hybridized carbons (Fsp3) is 0.500. The molecule has 5 nitrogen and oxygen atoms in total. The van der Waals surface area contributed by atoms with E-state index < -0.39 is 5.97 Å². The molecule has 1 fully saturated rings. The van der Waals surface area contributed by atoms with Crippen molar-refractivity contribution in [3.63, 3.8) is 0 Å². The number of rotatable bonds is 6. The zero-order chi connectivity index (χ0) is 13.5. The fourth-order valence-corrected chi connectivity index (χ4v) is 2.06. The molecule has 2 N–H and O–H groups in total. The Bertz CT molecular complexity index is 400. The summed E-state index contributed by atoms with van der Waals surface area (Å²) in [7, 11) is 0. The molecule has 2 rings (SSSR count). The van der Waals surface area contributed by atoms with E-state index in [1.807, 2.05) is 0 Å². The number of ether oxygens (including phenoxy) is 1. The maximum absolute atomic E-state index is 10.7. The monoisotopic (exact) mass is 264 g/mol. The molecule has 0 saturated carbocycles. The third kappa shape index (κ3) is 4.63. The summed E-state index contributed by atoms with van der Waals surface area (Å²) < 4.78 is 5.61. The van der Waals surface area contributed by atoms with E-state index in [0.29, 0.717) is 18.8 Å². The van der Waals surface area contributed by atoms with Gasteiger partial charge in [-0.2, -0.15) is 0 Å². The molecule has 1 aromatic carbocycles. The minimum absolute atomic E-state index is 0.310. The van der Waals surface area contributed by atoms with Gasteiger partial charge in [-0.15, -0.1) is 0 Å². The number of carbonyl (C=O) groups is 1. The van der Waals surface area contributed by atoms with E-state index in [0.717, 1.165) is 38.3 Å². The summed E-state index contributed by atoms with van der Waals surface area (Å²) in [5, 5.41) is 12.1. The first-order chi connectivity index (χ1) is 9.25. The molecule has 0 aliphatic carbocycles. The molecule has 0 bridgehead atoms. The van der Waals surface area contributed by atoms with Crippen LogP contribution in [0.5, 0.6) is 0 Å². The molecule has 5 heteroatoms. The number of piperazine rings is 1. The maximum atomic E-state index is 10.7. The van der Waals surface area contributed by atoms with Crippen molar-refractivity contribution in [1.29, 1.82) is 0 Å². The minimum Gasteiger partial charge on any atom is -0.478 e. The molecular formula is C14H20N2O3. The average Bonchev–Trinajstić information content (AvgIpc) is 2.45. The Kier molecular flexibility index (Phi) is 5.32. The van der Waals surface area contributed by atoms with Crippen LogP contribution in [0.3, 0.4) is 0 Å². The van der Waals surface area contributed by atoms with Gasteiger partial charge in [-0.1, -0.05) is 12.1 Å². The lowest BCUT2D eigenvalue weighted by molar-refractivity contribution is 0.0696. The number of nitrogens with zero attached hydrogens (tertiary/aromatic N) is 1. The van der Waals surface area contributed by atoms with Gasteiger partial charge in [0, 0.05) is 32.7 Å². The quantitative estimate of drug-likeness (QED) is 0.744. The lowest BCUT2D eigenvalue weighted by Gasteiger charge is -2.26. The number of benzene rings is 1. The Morgan fingerprint density at radius 1 is 1.26 bits per heavy atom. The van der Waals surface area contributed by atoms with Gasteiger partial charge in [0.1, 0.15) is 0 Å². The highest BCUT2D eigenvalue weighted by Crippen LogP contribution is 2.06. The van der Waals surface area contributed by atoms with Crippen LogP contribution in [0.1, 0.15) is 15.9 Å². The second-order valence-corrected chi connectivity index (χ2v) is 4.65. The highest BCUT2D eigenvalue weighted by Gasteiger charge is 2.08. The van der Waals surface area contributed by atoms with E-state index in [9.17, 15) is 4.79 Å². The molecule has 0 unspecified atom stereocenters. The van der Waals surface area contributed by atoms with Crippen LogP contribution in [-0.2, 0) is 11.3 Å². The van der Waals surface area contributed by atoms with Crippen molar-refractivity contribution in [3.8, 4) is 0 Å². The van der Waals surface area contributed by atoms with Gasteiger partial charge >= 0.3 is 5.97 Å². The molecule has 0 atom stereocenters. The fourth-order valence-electron chi connectivity index (χ4n) is 2.06. The van der Waals surface area contributed by atoms with Crippen LogP contribution in [0.4, 0.5) is 0 Å². The molecule has 104 valence electrons. The van der Waals surface area contributed by atoms with Crippen molar-refractivity contribution in [2.75, 3.05) is 39.3 Å². The molecule has 19 heavy (non-hydrogen) atoms. The molecule has 0 radical (unpaired) electrons. The summed E-state index contributed by atoms with van der Waals surface area (Å²) in [6.45, 7) is 6.46. The summed E-state index contributed by atoms with van der Waals surface area (Å²) in [6, 6.07) is 6.82. The van der Waals surface area contributed by atoms with Gasteiger partial charge in [-0.25, -0.2) is 4.79 Å². The van der Waals surface area contributed by atoms with Crippen molar-refractivity contribution in [2.45, 2.75) is 6.61 Å². The highest BCUT2D eigenvalue weighted by atomic mass is 16.5. The molecule has 1 saturated heterocycles. The minimum atomic E-state index is -0.897. The number of hydrogen-bond donors (Lipinski definition) is 2. The Labute approximate surface area is 113 Å². The predicted molar refractivity (Wildman–Crippen MR) is 72.4 cm³/mol. The van der Waals surface area contributed by atoms with Gasteiger partial charge in [-0.3, -0.25) is 4.90 Å². The van der Waals surface area contributed by atoms with Crippen molar-refractivity contribution < 1.29 is 14.6 Å². The van der Waals surface area contributed by atoms with E-state index >= 15 is 0 Å². The number of aromatic carboxylic acids is 1. The topological polar surface area (TPSA) is 61.8 Å². The van der Waals surface area contributed by atoms with Gasteiger partial charge in [0.2, 0.25) is 0 Å². The van der Waals surface area contributed by atoms with Crippen LogP contribution in [-0.4, -0.2) is 55.3 Å². The summed E-state index contributed by atoms with van der Waals surface area (Å²) in [6.07, 6.45) is 0. The molecule has 1 aliphatic rings. The SMILES string of the molecule is O=C(O)c1ccc(COCCN2CCNCC2)cc1. The van der Waals surface area contributed by atoms with E-state index in [1.54, 1.807) is 24.3 Å². The first-order valence-corrected chi connectivity index (χ1v) is 6.59. The van der Waals surface area contributed by atoms with Crippen LogP contribution in [0.25, 0.3) is 0 Å². The van der Waals surface area contributed by atoms with Crippen molar-refractivity contribution in [2.24, 2.45) is 0 Å². The van der Waals surface area contributed by atoms with Crippen LogP contribution in [0.15, 0.2) is 24.3 Å². The van der Waals surface area contributed by atoms with E-state index in [2.05, 4.69) is 10.2 Å². The largest absolute Gasteiger partial charge is 0.478 e. The average molecular weight is 264 g/mol. The van der Waals surface area contributed by atoms with Crippen LogP contribution < -0.4 is 5.32 Å². The number of carboxylic acids is 1. The second-order valence-electron chi connectivity index (χ2n) is 4.65. The normalized spacial score (nSPS) is 16.4. The zero-order valence-electron chi connectivity index (χ0n) is 11.0. The number of carboxylic acid groups (broad SMARTS) is 1. The maximum Gasteiger partial charge on any atom is 0.335 e. The Morgan fingerprint density at radius 3 is 2.58 bits per heavy atom. The third-order valence-electron chi connectivity index (χ3n) is 3.23. The van der Waals surface area contributed by atoms with Gasteiger partial charge in [0.15, 0.2) is 0 Å². The lowest BCUT2D eigenvalue weighted by Crippen LogP contribution is -2.44. The predicted octanol–water partition coefficient (Wildman–Crippen LogP) is 0.807. The van der Waals surface area contributed by atoms with Crippen molar-refractivity contribution in [3.05, 3.63) is 35.4 Å². The van der Waals surface area contributed by atoms with Crippen LogP contribution >= 0.6 is 0 Å². The Morgan fingerprint density at radius 2 is 1.95 bits per heavy atom. The molecule has 1 aliphatic heterocycles. The van der Waals surface area contributed by atoms with Gasteiger partial charge < -0.3 is 15.2 Å². The number of nitrogens with one attached hydrogen (secondary N) is 1. The van der Waals surface area contributed by atoms with Gasteiger partial charge in [0.25, 0.3) is 0 Å². The standard InChI is InChI=1S/C14H20N2O3/c17-14(18)13-3-1-12(2-4-13)11-19-10-9-16-7-5-15-6-8-16/h1-4,15H,5-11H2,(H,17,18). The first kappa shape index (κ1) is 14.0. The van der Waals surface area contributed by atoms with Crippen molar-refractivity contribution >= 4 is 5.97 Å². The Hall–Kier alpha value is -1.43. The lowest BCUT2D eigenvalue weighted by atomic mass is 10.1. The molecule has 0 aromatic heterocycles. The number of hydrogen-bond acceptors (Lipinski definition) is 4. The third-order valence-corrected chi connectivity index (χ3v) is 3.23. The smallest absolute Gasteiger partial charge is 0.335 e. The van der Waals surface area contributed by atoms with Crippen molar-refractivity contribution in [1.82, 2.24) is 10.2 Å². The molecule has 1 aromatic rings. The van der Waals surface area contributed by atoms with Gasteiger partial charge in [0.05, 0.1) is 18.8 Å². The molecular weight excluding hydrogens is 244 g/mol. The molecule has 0 amide bonds. The second kappa shape index (κ2) is 7.23. The Balaban J connectivity index is 1.66. The zero-order valence-corrected chi connectivity index (χ0v) is 11.0. The summed E-state index contributed by atoms with van der Waals surface area (Å²) in [5.74, 6) is -0.897. The van der Waals surface area contributed by atoms with E-state index in [-0.39, 0.29) is 0 Å². The first-order valence-electron chi connectivity index (χ1n) is 6.59. The van der Waals surface area contributed by atoms with Crippen LogP contribution in [0, 0.1) is 0 Å². The van der Waals surface area contributed by atoms with E-state index in [4.69, 9.17) is 9.84 Å². The van der Waals surface area contributed by atoms with E-state index in [1.165, 1.54) is 0 Å².